The van der Waals surface area contributed by atoms with Crippen molar-refractivity contribution in [3.63, 3.8) is 0 Å². The van der Waals surface area contributed by atoms with E-state index < -0.39 is 13.2 Å². The minimum atomic E-state index is -2.06. The standard InChI is InChI=1S/C27H39BN2O7/c1-9-23(27(5,6)7)30(26(32)20-15-17(2)14-18(3)16-20)29-25(31)21-10-11-22(37-28(33)34)24(19(21)4)36-13-12-35-8/h10-11,14-16,23,33-34H,9,12-13H2,1-8H3,(H,29,31)/t23-/m1/s1. The number of rotatable bonds is 10. The largest absolute Gasteiger partial charge is 0.707 e. The van der Waals surface area contributed by atoms with Gasteiger partial charge < -0.3 is 24.2 Å². The zero-order chi connectivity index (χ0) is 27.9. The molecule has 1 atom stereocenters. The van der Waals surface area contributed by atoms with Crippen LogP contribution in [0.4, 0.5) is 0 Å². The third-order valence-electron chi connectivity index (χ3n) is 5.99. The van der Waals surface area contributed by atoms with Crippen LogP contribution in [0.15, 0.2) is 30.3 Å². The molecule has 0 aliphatic rings. The highest BCUT2D eigenvalue weighted by molar-refractivity contribution is 6.33. The molecular formula is C27H39BN2O7. The summed E-state index contributed by atoms with van der Waals surface area (Å²) in [5.41, 5.74) is 5.57. The van der Waals surface area contributed by atoms with Gasteiger partial charge in [-0.1, -0.05) is 44.9 Å². The number of hydrogen-bond acceptors (Lipinski definition) is 7. The van der Waals surface area contributed by atoms with Crippen molar-refractivity contribution >= 4 is 19.1 Å². The van der Waals surface area contributed by atoms with Crippen molar-refractivity contribution in [1.82, 2.24) is 10.4 Å². The Labute approximate surface area is 219 Å². The molecule has 0 spiro atoms. The fourth-order valence-electron chi connectivity index (χ4n) is 4.38. The van der Waals surface area contributed by atoms with Gasteiger partial charge in [0.1, 0.15) is 12.4 Å². The van der Waals surface area contributed by atoms with E-state index in [1.807, 2.05) is 59.7 Å². The van der Waals surface area contributed by atoms with Crippen molar-refractivity contribution < 1.29 is 33.8 Å². The number of amides is 2. The Morgan fingerprint density at radius 2 is 1.68 bits per heavy atom. The molecule has 0 aliphatic carbocycles. The molecule has 202 valence electrons. The van der Waals surface area contributed by atoms with E-state index in [1.165, 1.54) is 24.3 Å². The second-order valence-corrected chi connectivity index (χ2v) is 10.1. The molecule has 0 saturated heterocycles. The van der Waals surface area contributed by atoms with E-state index in [-0.39, 0.29) is 47.6 Å². The summed E-state index contributed by atoms with van der Waals surface area (Å²) in [7, 11) is -0.540. The van der Waals surface area contributed by atoms with Crippen molar-refractivity contribution in [2.24, 2.45) is 5.41 Å². The molecule has 0 radical (unpaired) electrons. The molecule has 2 aromatic carbocycles. The fourth-order valence-corrected chi connectivity index (χ4v) is 4.38. The number of aryl methyl sites for hydroxylation is 2. The van der Waals surface area contributed by atoms with E-state index in [1.54, 1.807) is 6.92 Å². The summed E-state index contributed by atoms with van der Waals surface area (Å²) >= 11 is 0. The van der Waals surface area contributed by atoms with Gasteiger partial charge in [-0.2, -0.15) is 0 Å². The number of hydrazine groups is 1. The van der Waals surface area contributed by atoms with Crippen LogP contribution in [0.2, 0.25) is 0 Å². The molecule has 2 rings (SSSR count). The van der Waals surface area contributed by atoms with Crippen molar-refractivity contribution in [2.75, 3.05) is 20.3 Å². The molecule has 9 nitrogen and oxygen atoms in total. The maximum atomic E-state index is 13.8. The molecule has 2 aromatic rings. The summed E-state index contributed by atoms with van der Waals surface area (Å²) in [6.07, 6.45) is 0.617. The fraction of sp³-hybridized carbons (Fsp3) is 0.481. The summed E-state index contributed by atoms with van der Waals surface area (Å²) in [6.45, 7) is 14.0. The third kappa shape index (κ3) is 7.95. The summed E-state index contributed by atoms with van der Waals surface area (Å²) in [4.78, 5) is 27.3. The number of methoxy groups -OCH3 is 1. The van der Waals surface area contributed by atoms with E-state index in [0.29, 0.717) is 17.5 Å². The normalized spacial score (nSPS) is 12.1. The average molecular weight is 514 g/mol. The Kier molecular flexibility index (Phi) is 10.5. The Morgan fingerprint density at radius 3 is 2.19 bits per heavy atom. The summed E-state index contributed by atoms with van der Waals surface area (Å²) in [5.74, 6) is -0.581. The topological polar surface area (TPSA) is 118 Å². The maximum absolute atomic E-state index is 13.8. The van der Waals surface area contributed by atoms with E-state index in [0.717, 1.165) is 11.1 Å². The van der Waals surface area contributed by atoms with Crippen molar-refractivity contribution in [2.45, 2.75) is 60.9 Å². The Bertz CT molecular complexity index is 1080. The highest BCUT2D eigenvalue weighted by Crippen LogP contribution is 2.34. The van der Waals surface area contributed by atoms with Crippen LogP contribution in [-0.4, -0.2) is 60.6 Å². The Balaban J connectivity index is 2.51. The third-order valence-corrected chi connectivity index (χ3v) is 5.99. The number of ether oxygens (including phenoxy) is 2. The summed E-state index contributed by atoms with van der Waals surface area (Å²) < 4.78 is 15.8. The van der Waals surface area contributed by atoms with Gasteiger partial charge in [0.25, 0.3) is 11.8 Å². The molecule has 0 bridgehead atoms. The van der Waals surface area contributed by atoms with E-state index in [2.05, 4.69) is 5.43 Å². The minimum absolute atomic E-state index is 0.0597. The lowest BCUT2D eigenvalue weighted by atomic mass is 9.84. The van der Waals surface area contributed by atoms with Crippen LogP contribution in [0.25, 0.3) is 0 Å². The highest BCUT2D eigenvalue weighted by atomic mass is 16.6. The lowest BCUT2D eigenvalue weighted by molar-refractivity contribution is 0.0284. The van der Waals surface area contributed by atoms with Crippen LogP contribution in [0.3, 0.4) is 0 Å². The van der Waals surface area contributed by atoms with Crippen LogP contribution < -0.4 is 14.8 Å². The predicted octanol–water partition coefficient (Wildman–Crippen LogP) is 3.60. The maximum Gasteiger partial charge on any atom is 0.707 e. The van der Waals surface area contributed by atoms with Gasteiger partial charge in [-0.15, -0.1) is 0 Å². The van der Waals surface area contributed by atoms with Gasteiger partial charge in [0, 0.05) is 23.8 Å². The molecule has 0 saturated carbocycles. The van der Waals surface area contributed by atoms with Crippen LogP contribution in [-0.2, 0) is 4.74 Å². The zero-order valence-electron chi connectivity index (χ0n) is 23.0. The summed E-state index contributed by atoms with van der Waals surface area (Å²) in [5, 5.41) is 20.0. The van der Waals surface area contributed by atoms with Crippen molar-refractivity contribution in [3.05, 3.63) is 58.1 Å². The van der Waals surface area contributed by atoms with Gasteiger partial charge in [0.15, 0.2) is 5.75 Å². The number of nitrogens with zero attached hydrogens (tertiary/aromatic N) is 1. The van der Waals surface area contributed by atoms with Gasteiger partial charge in [-0.25, -0.2) is 5.01 Å². The second-order valence-electron chi connectivity index (χ2n) is 10.1. The average Bonchev–Trinajstić information content (AvgIpc) is 2.78. The van der Waals surface area contributed by atoms with E-state index in [9.17, 15) is 19.6 Å². The first kappa shape index (κ1) is 30.2. The second kappa shape index (κ2) is 12.9. The summed E-state index contributed by atoms with van der Waals surface area (Å²) in [6, 6.07) is 8.22. The smallest absolute Gasteiger partial charge is 0.509 e. The Morgan fingerprint density at radius 1 is 1.05 bits per heavy atom. The Hall–Kier alpha value is -3.08. The van der Waals surface area contributed by atoms with Crippen molar-refractivity contribution in [1.29, 1.82) is 0 Å². The molecule has 3 N–H and O–H groups in total. The number of carbonyl (C=O) groups excluding carboxylic acids is 2. The first-order chi connectivity index (χ1) is 17.3. The molecule has 2 amide bonds. The monoisotopic (exact) mass is 514 g/mol. The molecule has 0 aliphatic heterocycles. The first-order valence-corrected chi connectivity index (χ1v) is 12.3. The minimum Gasteiger partial charge on any atom is -0.509 e. The van der Waals surface area contributed by atoms with Gasteiger partial charge in [-0.05, 0) is 56.9 Å². The molecule has 0 heterocycles. The number of benzene rings is 2. The SMILES string of the molecule is CC[C@@H](N(NC(=O)c1ccc(OB(O)O)c(OCCOC)c1C)C(=O)c1cc(C)cc(C)c1)C(C)(C)C. The number of hydrogen-bond donors (Lipinski definition) is 3. The van der Waals surface area contributed by atoms with E-state index >= 15 is 0 Å². The van der Waals surface area contributed by atoms with Crippen LogP contribution in [0.5, 0.6) is 11.5 Å². The van der Waals surface area contributed by atoms with Crippen LogP contribution in [0.1, 0.15) is 71.5 Å². The van der Waals surface area contributed by atoms with E-state index in [4.69, 9.17) is 14.1 Å². The lowest BCUT2D eigenvalue weighted by Crippen LogP contribution is -2.56. The predicted molar refractivity (Wildman–Crippen MR) is 142 cm³/mol. The first-order valence-electron chi connectivity index (χ1n) is 12.3. The van der Waals surface area contributed by atoms with Gasteiger partial charge >= 0.3 is 7.32 Å². The zero-order valence-corrected chi connectivity index (χ0v) is 23.0. The molecule has 0 aromatic heterocycles. The molecular weight excluding hydrogens is 475 g/mol. The van der Waals surface area contributed by atoms with Gasteiger partial charge in [0.2, 0.25) is 0 Å². The molecule has 0 fully saturated rings. The van der Waals surface area contributed by atoms with Crippen LogP contribution >= 0.6 is 0 Å². The van der Waals surface area contributed by atoms with Gasteiger partial charge in [0.05, 0.1) is 12.6 Å². The molecule has 0 unspecified atom stereocenters. The van der Waals surface area contributed by atoms with Gasteiger partial charge in [-0.3, -0.25) is 15.0 Å². The number of carbonyl (C=O) groups is 2. The number of nitrogens with one attached hydrogen (secondary N) is 1. The quantitative estimate of drug-likeness (QED) is 0.252. The molecule has 37 heavy (non-hydrogen) atoms. The van der Waals surface area contributed by atoms with Crippen LogP contribution in [0, 0.1) is 26.2 Å². The highest BCUT2D eigenvalue weighted by Gasteiger charge is 2.35. The van der Waals surface area contributed by atoms with Crippen molar-refractivity contribution in [3.8, 4) is 11.5 Å². The lowest BCUT2D eigenvalue weighted by Gasteiger charge is -2.39. The molecule has 10 heteroatoms.